The average molecular weight is 803 g/mol. The second kappa shape index (κ2) is 20.5. The Labute approximate surface area is 339 Å². The van der Waals surface area contributed by atoms with Gasteiger partial charge in [0, 0.05) is 42.9 Å². The zero-order valence-corrected chi connectivity index (χ0v) is 34.5. The van der Waals surface area contributed by atoms with Crippen LogP contribution in [0, 0.1) is 36.5 Å². The van der Waals surface area contributed by atoms with Crippen molar-refractivity contribution in [1.82, 2.24) is 30.6 Å². The van der Waals surface area contributed by atoms with Gasteiger partial charge in [-0.05, 0) is 71.7 Å². The standard InChI is InChI=1S/C36H36F4N6O2.2C4H10.C2H2/c37-35(38)13-9-23(10-14-35)33(47)42-19-30-41-18-29(45-30)22-3-1-21(2-4-22)25-5-7-27-26(17-25)6-8-28-32(27)46-31(44-28)20-43-34(48)24-11-15-36(39,40)16-12-24;2*1-4(2)3;1-2/h1-8,17-18,23-24H,9-16,19-20H2,(H,41,45)(H,42,47)(H,43,48)(H,44,46);2*4H,1-3H3;1-2H. The van der Waals surface area contributed by atoms with Crippen molar-refractivity contribution in [3.63, 3.8) is 0 Å². The predicted octanol–water partition coefficient (Wildman–Crippen LogP) is 11.2. The van der Waals surface area contributed by atoms with Crippen LogP contribution in [0.4, 0.5) is 17.6 Å². The predicted molar refractivity (Wildman–Crippen MR) is 225 cm³/mol. The van der Waals surface area contributed by atoms with Crippen LogP contribution in [0.5, 0.6) is 0 Å². The first-order valence-corrected chi connectivity index (χ1v) is 20.2. The Morgan fingerprint density at radius 2 is 1.16 bits per heavy atom. The summed E-state index contributed by atoms with van der Waals surface area (Å²) < 4.78 is 53.8. The Morgan fingerprint density at radius 3 is 1.67 bits per heavy atom. The van der Waals surface area contributed by atoms with Gasteiger partial charge in [0.05, 0.1) is 36.0 Å². The molecular formula is C46H58F4N6O2. The van der Waals surface area contributed by atoms with Crippen molar-refractivity contribution in [2.24, 2.45) is 23.7 Å². The quantitative estimate of drug-likeness (QED) is 0.0923. The van der Waals surface area contributed by atoms with Crippen LogP contribution in [0.1, 0.15) is 105 Å². The van der Waals surface area contributed by atoms with E-state index in [9.17, 15) is 27.2 Å². The number of nitrogens with one attached hydrogen (secondary N) is 4. The van der Waals surface area contributed by atoms with E-state index in [0.29, 0.717) is 11.6 Å². The van der Waals surface area contributed by atoms with Crippen LogP contribution in [0.2, 0.25) is 0 Å². The van der Waals surface area contributed by atoms with Gasteiger partial charge in [-0.2, -0.15) is 0 Å². The first kappa shape index (κ1) is 45.5. The van der Waals surface area contributed by atoms with Crippen molar-refractivity contribution in [1.29, 1.82) is 0 Å². The number of carbonyl (C=O) groups is 2. The minimum Gasteiger partial charge on any atom is -0.349 e. The highest BCUT2D eigenvalue weighted by Crippen LogP contribution is 2.37. The molecule has 2 fully saturated rings. The third-order valence-corrected chi connectivity index (χ3v) is 9.71. The number of alkyl halides is 4. The molecule has 4 N–H and O–H groups in total. The number of nitrogens with zero attached hydrogens (tertiary/aromatic N) is 2. The molecule has 58 heavy (non-hydrogen) atoms. The summed E-state index contributed by atoms with van der Waals surface area (Å²) in [6.07, 6.45) is 9.47. The highest BCUT2D eigenvalue weighted by atomic mass is 19.3. The molecule has 0 radical (unpaired) electrons. The van der Waals surface area contributed by atoms with Crippen LogP contribution in [0.25, 0.3) is 44.2 Å². The normalized spacial score (nSPS) is 16.4. The zero-order chi connectivity index (χ0) is 42.6. The highest BCUT2D eigenvalue weighted by molar-refractivity contribution is 6.05. The monoisotopic (exact) mass is 802 g/mol. The summed E-state index contributed by atoms with van der Waals surface area (Å²) in [5, 5.41) is 7.66. The number of amides is 2. The molecule has 12 heteroatoms. The van der Waals surface area contributed by atoms with Gasteiger partial charge in [0.15, 0.2) is 0 Å². The van der Waals surface area contributed by atoms with E-state index in [1.807, 2.05) is 48.5 Å². The van der Waals surface area contributed by atoms with E-state index in [2.05, 4.69) is 86.0 Å². The van der Waals surface area contributed by atoms with E-state index in [4.69, 9.17) is 4.98 Å². The number of hydrogen-bond donors (Lipinski definition) is 4. The Morgan fingerprint density at radius 1 is 0.690 bits per heavy atom. The maximum atomic E-state index is 13.5. The molecule has 5 aromatic rings. The fourth-order valence-electron chi connectivity index (χ4n) is 6.79. The average Bonchev–Trinajstić information content (AvgIpc) is 3.84. The highest BCUT2D eigenvalue weighted by Gasteiger charge is 2.38. The second-order valence-corrected chi connectivity index (χ2v) is 16.6. The number of terminal acetylenes is 1. The molecule has 0 unspecified atom stereocenters. The van der Waals surface area contributed by atoms with Crippen LogP contribution < -0.4 is 10.6 Å². The SMILES string of the molecule is C#C.CC(C)C.CC(C)C.O=C(NCc1ncc(-c2ccc(-c3ccc4c(ccc5[nH]c(CNC(=O)C6CCC(F)(F)CC6)nc54)c3)cc2)[nH]1)C1CCC(F)(F)CC1. The summed E-state index contributed by atoms with van der Waals surface area (Å²) in [7, 11) is 0. The van der Waals surface area contributed by atoms with Crippen LogP contribution >= 0.6 is 0 Å². The second-order valence-electron chi connectivity index (χ2n) is 16.6. The third-order valence-electron chi connectivity index (χ3n) is 9.71. The van der Waals surface area contributed by atoms with E-state index in [1.54, 1.807) is 6.20 Å². The molecule has 3 aromatic carbocycles. The van der Waals surface area contributed by atoms with Gasteiger partial charge in [-0.3, -0.25) is 9.59 Å². The number of imidazole rings is 2. The summed E-state index contributed by atoms with van der Waals surface area (Å²) in [5.74, 6) is -3.69. The number of rotatable bonds is 8. The van der Waals surface area contributed by atoms with Crippen molar-refractivity contribution in [3.8, 4) is 35.2 Å². The lowest BCUT2D eigenvalue weighted by molar-refractivity contribution is -0.130. The number of carbonyl (C=O) groups excluding carboxylic acids is 2. The number of hydrogen-bond acceptors (Lipinski definition) is 4. The molecule has 0 spiro atoms. The topological polar surface area (TPSA) is 116 Å². The molecule has 2 amide bonds. The minimum absolute atomic E-state index is 0.191. The molecule has 0 bridgehead atoms. The van der Waals surface area contributed by atoms with Gasteiger partial charge in [0.2, 0.25) is 23.7 Å². The molecule has 7 rings (SSSR count). The fourth-order valence-corrected chi connectivity index (χ4v) is 6.79. The lowest BCUT2D eigenvalue weighted by Gasteiger charge is -2.27. The van der Waals surface area contributed by atoms with Crippen molar-refractivity contribution >= 4 is 33.6 Å². The van der Waals surface area contributed by atoms with Gasteiger partial charge in [-0.15, -0.1) is 12.8 Å². The van der Waals surface area contributed by atoms with E-state index >= 15 is 0 Å². The van der Waals surface area contributed by atoms with Crippen LogP contribution in [-0.2, 0) is 22.7 Å². The van der Waals surface area contributed by atoms with Crippen molar-refractivity contribution in [2.75, 3.05) is 0 Å². The van der Waals surface area contributed by atoms with Crippen LogP contribution in [-0.4, -0.2) is 43.6 Å². The van der Waals surface area contributed by atoms with E-state index in [1.165, 1.54) is 0 Å². The van der Waals surface area contributed by atoms with Crippen LogP contribution in [0.3, 0.4) is 0 Å². The summed E-state index contributed by atoms with van der Waals surface area (Å²) in [5.41, 5.74) is 5.42. The largest absolute Gasteiger partial charge is 0.349 e. The Bertz CT molecular complexity index is 2090. The molecule has 2 saturated carbocycles. The summed E-state index contributed by atoms with van der Waals surface area (Å²) in [4.78, 5) is 40.6. The van der Waals surface area contributed by atoms with E-state index in [-0.39, 0.29) is 76.3 Å². The summed E-state index contributed by atoms with van der Waals surface area (Å²) in [6.45, 7) is 13.4. The van der Waals surface area contributed by atoms with Gasteiger partial charge in [-0.25, -0.2) is 27.5 Å². The smallest absolute Gasteiger partial charge is 0.248 e. The van der Waals surface area contributed by atoms with Gasteiger partial charge in [0.25, 0.3) is 0 Å². The molecule has 0 saturated heterocycles. The lowest BCUT2D eigenvalue weighted by Crippen LogP contribution is -2.35. The summed E-state index contributed by atoms with van der Waals surface area (Å²) >= 11 is 0. The van der Waals surface area contributed by atoms with E-state index in [0.717, 1.165) is 56.0 Å². The van der Waals surface area contributed by atoms with Gasteiger partial charge in [0.1, 0.15) is 11.6 Å². The van der Waals surface area contributed by atoms with Crippen molar-refractivity contribution in [3.05, 3.63) is 72.4 Å². The summed E-state index contributed by atoms with van der Waals surface area (Å²) in [6, 6.07) is 18.2. The lowest BCUT2D eigenvalue weighted by atomic mass is 9.86. The van der Waals surface area contributed by atoms with Crippen molar-refractivity contribution < 1.29 is 27.2 Å². The minimum atomic E-state index is -2.67. The zero-order valence-electron chi connectivity index (χ0n) is 34.5. The molecule has 2 aromatic heterocycles. The molecule has 2 heterocycles. The van der Waals surface area contributed by atoms with Gasteiger partial charge >= 0.3 is 0 Å². The number of H-pyrrole nitrogens is 2. The molecule has 312 valence electrons. The third kappa shape index (κ3) is 13.2. The van der Waals surface area contributed by atoms with Gasteiger partial charge < -0.3 is 20.6 Å². The molecule has 0 aliphatic heterocycles. The molecular weight excluding hydrogens is 745 g/mol. The van der Waals surface area contributed by atoms with E-state index < -0.39 is 23.7 Å². The van der Waals surface area contributed by atoms with Crippen molar-refractivity contribution in [2.45, 2.75) is 118 Å². The maximum Gasteiger partial charge on any atom is 0.248 e. The molecule has 0 atom stereocenters. The first-order valence-electron chi connectivity index (χ1n) is 20.2. The Kier molecular flexibility index (Phi) is 16.1. The van der Waals surface area contributed by atoms with Crippen LogP contribution in [0.15, 0.2) is 60.8 Å². The Hall–Kier alpha value is -5.18. The molecule has 2 aliphatic carbocycles. The number of benzene rings is 3. The number of aromatic amines is 2. The maximum absolute atomic E-state index is 13.5. The number of fused-ring (bicyclic) bond motifs is 3. The number of aromatic nitrogens is 4. The number of halogens is 4. The molecule has 2 aliphatic rings. The fraction of sp³-hybridized carbons (Fsp3) is 0.478. The Balaban J connectivity index is 0.000000675. The molecule has 8 nitrogen and oxygen atoms in total. The van der Waals surface area contributed by atoms with Gasteiger partial charge in [-0.1, -0.05) is 84.0 Å². The first-order chi connectivity index (χ1) is 27.5.